The number of carbonyl (C=O) groups is 1. The number of aliphatic carboxylic acids is 1. The zero-order valence-corrected chi connectivity index (χ0v) is 22.0. The van der Waals surface area contributed by atoms with Crippen LogP contribution in [-0.2, 0) is 27.8 Å². The van der Waals surface area contributed by atoms with Gasteiger partial charge in [0.1, 0.15) is 0 Å². The molecule has 3 aliphatic rings. The Morgan fingerprint density at radius 3 is 2.49 bits per heavy atom. The van der Waals surface area contributed by atoms with Crippen molar-refractivity contribution in [3.05, 3.63) is 65.2 Å². The molecule has 0 radical (unpaired) electrons. The Morgan fingerprint density at radius 2 is 1.76 bits per heavy atom. The third-order valence-electron chi connectivity index (χ3n) is 7.70. The van der Waals surface area contributed by atoms with Gasteiger partial charge in [-0.05, 0) is 74.0 Å². The molecule has 3 aliphatic heterocycles. The zero-order valence-electron chi connectivity index (χ0n) is 21.2. The van der Waals surface area contributed by atoms with Gasteiger partial charge in [-0.2, -0.15) is 4.31 Å². The van der Waals surface area contributed by atoms with Crippen molar-refractivity contribution in [2.75, 3.05) is 39.8 Å². The summed E-state index contributed by atoms with van der Waals surface area (Å²) >= 11 is 0. The summed E-state index contributed by atoms with van der Waals surface area (Å²) in [6, 6.07) is 15.2. The Morgan fingerprint density at radius 1 is 1.00 bits per heavy atom. The molecule has 0 amide bonds. The van der Waals surface area contributed by atoms with Gasteiger partial charge in [0.25, 0.3) is 5.84 Å². The Balaban J connectivity index is 1.21. The van der Waals surface area contributed by atoms with E-state index in [4.69, 9.17) is 0 Å². The number of carboxylic acids is 1. The average molecular weight is 525 g/mol. The first kappa shape index (κ1) is 25.7. The number of unbranched alkanes of at least 4 members (excludes halogenated alkanes) is 1. The minimum Gasteiger partial charge on any atom is -0.472 e. The molecule has 2 aromatic rings. The minimum absolute atomic E-state index is 0.0393. The number of benzene rings is 2. The number of carboxylic acid groups (broad SMARTS) is 1. The van der Waals surface area contributed by atoms with E-state index in [0.29, 0.717) is 30.4 Å². The minimum atomic E-state index is -3.42. The van der Waals surface area contributed by atoms with E-state index in [1.165, 1.54) is 5.56 Å². The van der Waals surface area contributed by atoms with Crippen LogP contribution in [-0.4, -0.2) is 84.6 Å². The second-order valence-corrected chi connectivity index (χ2v) is 12.1. The monoisotopic (exact) mass is 524 g/mol. The van der Waals surface area contributed by atoms with Gasteiger partial charge in [0.2, 0.25) is 10.0 Å². The molecule has 0 aliphatic carbocycles. The van der Waals surface area contributed by atoms with Crippen LogP contribution in [0.3, 0.4) is 0 Å². The van der Waals surface area contributed by atoms with Crippen LogP contribution in [0.25, 0.3) is 0 Å². The number of sulfonamides is 1. The van der Waals surface area contributed by atoms with Gasteiger partial charge in [-0.3, -0.25) is 4.90 Å². The van der Waals surface area contributed by atoms with Crippen LogP contribution >= 0.6 is 0 Å². The average Bonchev–Trinajstić information content (AvgIpc) is 3.56. The van der Waals surface area contributed by atoms with Crippen LogP contribution in [0.5, 0.6) is 0 Å². The molecule has 0 aromatic heterocycles. The van der Waals surface area contributed by atoms with Gasteiger partial charge in [0.05, 0.1) is 24.1 Å². The van der Waals surface area contributed by atoms with Crippen molar-refractivity contribution in [2.24, 2.45) is 10.2 Å². The van der Waals surface area contributed by atoms with Crippen molar-refractivity contribution in [3.8, 4) is 0 Å². The van der Waals surface area contributed by atoms with Gasteiger partial charge in [0.15, 0.2) is 0 Å². The van der Waals surface area contributed by atoms with E-state index in [1.54, 1.807) is 10.4 Å². The lowest BCUT2D eigenvalue weighted by molar-refractivity contribution is -0.720. The Kier molecular flexibility index (Phi) is 7.26. The summed E-state index contributed by atoms with van der Waals surface area (Å²) in [5, 5.41) is 18.0. The number of hydrogen-bond acceptors (Lipinski definition) is 6. The number of rotatable bonds is 9. The molecule has 1 saturated heterocycles. The predicted molar refractivity (Wildman–Crippen MR) is 142 cm³/mol. The van der Waals surface area contributed by atoms with Gasteiger partial charge in [0, 0.05) is 26.2 Å². The van der Waals surface area contributed by atoms with Crippen molar-refractivity contribution in [2.45, 2.75) is 43.5 Å². The van der Waals surface area contributed by atoms with Gasteiger partial charge in [-0.15, -0.1) is 0 Å². The molecule has 196 valence electrons. The molecule has 5 rings (SSSR count). The first-order valence-corrected chi connectivity index (χ1v) is 14.4. The van der Waals surface area contributed by atoms with Crippen molar-refractivity contribution < 1.29 is 22.8 Å². The predicted octanol–water partition coefficient (Wildman–Crippen LogP) is 2.91. The number of nitrogens with zero attached hydrogens (tertiary/aromatic N) is 5. The molecule has 10 heteroatoms. The molecule has 2 aromatic carbocycles. The second-order valence-electron chi connectivity index (χ2n) is 10.2. The summed E-state index contributed by atoms with van der Waals surface area (Å²) in [6.45, 7) is 4.31. The largest absolute Gasteiger partial charge is 0.472 e. The molecule has 1 unspecified atom stereocenters. The highest BCUT2D eigenvalue weighted by molar-refractivity contribution is 7.89. The summed E-state index contributed by atoms with van der Waals surface area (Å²) in [6.07, 6.45) is 4.45. The summed E-state index contributed by atoms with van der Waals surface area (Å²) in [4.78, 5) is 14.7. The van der Waals surface area contributed by atoms with Crippen LogP contribution in [0.15, 0.2) is 63.6 Å². The van der Waals surface area contributed by atoms with E-state index in [-0.39, 0.29) is 10.3 Å². The Bertz CT molecular complexity index is 1340. The molecule has 1 fully saturated rings. The normalized spacial score (nSPS) is 22.5. The molecular formula is C27H34N5O4S+. The first-order chi connectivity index (χ1) is 17.8. The fourth-order valence-electron chi connectivity index (χ4n) is 5.57. The summed E-state index contributed by atoms with van der Waals surface area (Å²) in [5.41, 5.74) is 3.18. The molecular weight excluding hydrogens is 490 g/mol. The van der Waals surface area contributed by atoms with Crippen LogP contribution in [0.1, 0.15) is 42.4 Å². The quantitative estimate of drug-likeness (QED) is 0.401. The fraction of sp³-hybridized carbons (Fsp3) is 0.444. The first-order valence-electron chi connectivity index (χ1n) is 12.9. The van der Waals surface area contributed by atoms with Gasteiger partial charge < -0.3 is 5.11 Å². The topological polar surface area (TPSA) is 103 Å². The molecule has 9 nitrogen and oxygen atoms in total. The third kappa shape index (κ3) is 5.11. The van der Waals surface area contributed by atoms with Crippen LogP contribution in [0.2, 0.25) is 0 Å². The number of quaternary nitrogens is 1. The van der Waals surface area contributed by atoms with Gasteiger partial charge in [-0.25, -0.2) is 17.7 Å². The number of hydrogen-bond donors (Lipinski definition) is 1. The number of fused-ring (bicyclic) bond motifs is 1. The lowest BCUT2D eigenvalue weighted by Gasteiger charge is -2.31. The maximum absolute atomic E-state index is 13.0. The molecule has 1 N–H and O–H groups in total. The van der Waals surface area contributed by atoms with E-state index in [2.05, 4.69) is 15.1 Å². The second kappa shape index (κ2) is 10.4. The number of likely N-dealkylation sites (N-methyl/N-ethyl adjacent to an activating group) is 1. The fourth-order valence-corrected chi connectivity index (χ4v) is 7.14. The van der Waals surface area contributed by atoms with E-state index >= 15 is 0 Å². The highest BCUT2D eigenvalue weighted by Crippen LogP contribution is 2.27. The van der Waals surface area contributed by atoms with Gasteiger partial charge in [-0.1, -0.05) is 34.5 Å². The van der Waals surface area contributed by atoms with E-state index in [0.717, 1.165) is 62.9 Å². The summed E-state index contributed by atoms with van der Waals surface area (Å²) in [5.74, 6) is -0.362. The standard InChI is InChI=1S/C27H33N5O4S/c1-32(25(22-9-3-2-4-10-22)28-29-26(32)27(33)34)18-8-7-14-30-17-13-21-11-12-24(19-23(21)20-30)37(35,36)31-15-5-6-16-31/h2-4,9-12,19H,5-8,13-18,20H2,1H3/p+1. The lowest BCUT2D eigenvalue weighted by Crippen LogP contribution is -2.55. The van der Waals surface area contributed by atoms with Crippen LogP contribution < -0.4 is 0 Å². The number of amidine groups is 2. The molecule has 0 spiro atoms. The highest BCUT2D eigenvalue weighted by Gasteiger charge is 2.45. The van der Waals surface area contributed by atoms with Crippen molar-refractivity contribution in [1.82, 2.24) is 9.21 Å². The van der Waals surface area contributed by atoms with E-state index in [1.807, 2.05) is 49.5 Å². The highest BCUT2D eigenvalue weighted by atomic mass is 32.2. The van der Waals surface area contributed by atoms with Crippen LogP contribution in [0, 0.1) is 0 Å². The summed E-state index contributed by atoms with van der Waals surface area (Å²) < 4.78 is 27.7. The molecule has 1 atom stereocenters. The maximum Gasteiger partial charge on any atom is 0.413 e. The Labute approximate surface area is 218 Å². The smallest absolute Gasteiger partial charge is 0.413 e. The molecule has 37 heavy (non-hydrogen) atoms. The van der Waals surface area contributed by atoms with E-state index < -0.39 is 16.0 Å². The van der Waals surface area contributed by atoms with Crippen molar-refractivity contribution >= 4 is 27.7 Å². The lowest BCUT2D eigenvalue weighted by atomic mass is 9.99. The molecule has 3 heterocycles. The Hall–Kier alpha value is -2.92. The van der Waals surface area contributed by atoms with Crippen molar-refractivity contribution in [3.63, 3.8) is 0 Å². The van der Waals surface area contributed by atoms with Gasteiger partial charge >= 0.3 is 11.8 Å². The molecule has 0 saturated carbocycles. The van der Waals surface area contributed by atoms with Crippen molar-refractivity contribution in [1.29, 1.82) is 0 Å². The molecule has 0 bridgehead atoms. The maximum atomic E-state index is 13.0. The van der Waals surface area contributed by atoms with E-state index in [9.17, 15) is 18.3 Å². The summed E-state index contributed by atoms with van der Waals surface area (Å²) in [7, 11) is -1.56. The third-order valence-corrected chi connectivity index (χ3v) is 9.59. The SMILES string of the molecule is C[N+]1(CCCCN2CCc3ccc(S(=O)(=O)N4CCCC4)cc3C2)C(C(=O)O)=NN=C1c1ccccc1. The van der Waals surface area contributed by atoms with Crippen LogP contribution in [0.4, 0.5) is 0 Å². The zero-order chi connectivity index (χ0) is 26.0.